The van der Waals surface area contributed by atoms with Crippen molar-refractivity contribution in [3.63, 3.8) is 0 Å². The second-order valence-corrected chi connectivity index (χ2v) is 8.80. The number of anilines is 1. The third-order valence-electron chi connectivity index (χ3n) is 6.36. The zero-order valence-corrected chi connectivity index (χ0v) is 19.3. The lowest BCUT2D eigenvalue weighted by Gasteiger charge is -2.38. The highest BCUT2D eigenvalue weighted by Crippen LogP contribution is 2.26. The SMILES string of the molecule is N#Cc1ccc(C(=O)Nc2ccc(CN(C(=O)c3cccc(F)c3)C3CCCCC3N)cc2)cc1. The summed E-state index contributed by atoms with van der Waals surface area (Å²) in [4.78, 5) is 27.6. The standard InChI is InChI=1S/C28H27FN4O2/c29-23-5-3-4-22(16-23)28(35)33(26-7-2-1-6-25(26)31)18-20-10-14-24(15-11-20)32-27(34)21-12-8-19(17-30)9-13-21/h3-5,8-16,25-26H,1-2,6-7,18,31H2,(H,32,34). The zero-order chi connectivity index (χ0) is 24.8. The van der Waals surface area contributed by atoms with E-state index >= 15 is 0 Å². The maximum Gasteiger partial charge on any atom is 0.255 e. The minimum absolute atomic E-state index is 0.129. The number of amides is 2. The van der Waals surface area contributed by atoms with E-state index in [1.807, 2.05) is 18.2 Å². The van der Waals surface area contributed by atoms with Crippen LogP contribution in [-0.2, 0) is 6.54 Å². The number of benzene rings is 3. The Kier molecular flexibility index (Phi) is 7.54. The van der Waals surface area contributed by atoms with Gasteiger partial charge in [-0.2, -0.15) is 5.26 Å². The summed E-state index contributed by atoms with van der Waals surface area (Å²) in [5.74, 6) is -0.977. The summed E-state index contributed by atoms with van der Waals surface area (Å²) >= 11 is 0. The lowest BCUT2D eigenvalue weighted by molar-refractivity contribution is 0.0583. The van der Waals surface area contributed by atoms with Gasteiger partial charge in [0.15, 0.2) is 0 Å². The molecule has 35 heavy (non-hydrogen) atoms. The van der Waals surface area contributed by atoms with E-state index in [-0.39, 0.29) is 23.9 Å². The Balaban J connectivity index is 1.50. The van der Waals surface area contributed by atoms with Gasteiger partial charge in [-0.05, 0) is 73.0 Å². The van der Waals surface area contributed by atoms with Crippen LogP contribution in [0.15, 0.2) is 72.8 Å². The first-order valence-corrected chi connectivity index (χ1v) is 11.7. The average Bonchev–Trinajstić information content (AvgIpc) is 2.88. The van der Waals surface area contributed by atoms with E-state index in [1.165, 1.54) is 18.2 Å². The number of hydrogen-bond donors (Lipinski definition) is 2. The smallest absolute Gasteiger partial charge is 0.255 e. The second kappa shape index (κ2) is 10.9. The monoisotopic (exact) mass is 470 g/mol. The molecule has 1 fully saturated rings. The van der Waals surface area contributed by atoms with E-state index in [1.54, 1.807) is 47.4 Å². The topological polar surface area (TPSA) is 99.2 Å². The van der Waals surface area contributed by atoms with E-state index in [4.69, 9.17) is 11.0 Å². The molecular weight excluding hydrogens is 443 g/mol. The Morgan fingerprint density at radius 2 is 1.71 bits per heavy atom. The quantitative estimate of drug-likeness (QED) is 0.537. The average molecular weight is 471 g/mol. The van der Waals surface area contributed by atoms with Crippen LogP contribution in [0.2, 0.25) is 0 Å². The Morgan fingerprint density at radius 1 is 1.00 bits per heavy atom. The van der Waals surface area contributed by atoms with Gasteiger partial charge in [0.05, 0.1) is 11.6 Å². The number of rotatable bonds is 6. The number of nitrogens with two attached hydrogens (primary N) is 1. The number of carbonyl (C=O) groups is 2. The summed E-state index contributed by atoms with van der Waals surface area (Å²) in [6.45, 7) is 0.331. The number of nitriles is 1. The number of nitrogens with zero attached hydrogens (tertiary/aromatic N) is 2. The Hall–Kier alpha value is -4.02. The summed E-state index contributed by atoms with van der Waals surface area (Å²) in [5.41, 5.74) is 9.13. The van der Waals surface area contributed by atoms with Gasteiger partial charge >= 0.3 is 0 Å². The van der Waals surface area contributed by atoms with Crippen molar-refractivity contribution in [3.05, 3.63) is 101 Å². The van der Waals surface area contributed by atoms with Crippen molar-refractivity contribution >= 4 is 17.5 Å². The van der Waals surface area contributed by atoms with E-state index in [2.05, 4.69) is 5.32 Å². The summed E-state index contributed by atoms with van der Waals surface area (Å²) in [6, 6.07) is 21.2. The van der Waals surface area contributed by atoms with Crippen LogP contribution in [0.4, 0.5) is 10.1 Å². The van der Waals surface area contributed by atoms with Crippen LogP contribution in [0, 0.1) is 17.1 Å². The van der Waals surface area contributed by atoms with Gasteiger partial charge in [0.1, 0.15) is 5.82 Å². The molecule has 2 unspecified atom stereocenters. The first kappa shape index (κ1) is 24.1. The van der Waals surface area contributed by atoms with E-state index < -0.39 is 5.82 Å². The molecule has 1 aliphatic carbocycles. The van der Waals surface area contributed by atoms with E-state index in [9.17, 15) is 14.0 Å². The molecule has 0 bridgehead atoms. The first-order chi connectivity index (χ1) is 16.9. The minimum Gasteiger partial charge on any atom is -0.330 e. The highest BCUT2D eigenvalue weighted by molar-refractivity contribution is 6.04. The highest BCUT2D eigenvalue weighted by Gasteiger charge is 2.31. The van der Waals surface area contributed by atoms with E-state index in [0.717, 1.165) is 31.2 Å². The second-order valence-electron chi connectivity index (χ2n) is 8.80. The van der Waals surface area contributed by atoms with Gasteiger partial charge in [-0.1, -0.05) is 31.0 Å². The van der Waals surface area contributed by atoms with Gasteiger partial charge in [-0.3, -0.25) is 9.59 Å². The molecule has 3 aromatic carbocycles. The maximum absolute atomic E-state index is 13.8. The van der Waals surface area contributed by atoms with Crippen LogP contribution in [0.25, 0.3) is 0 Å². The molecule has 2 amide bonds. The summed E-state index contributed by atoms with van der Waals surface area (Å²) in [7, 11) is 0. The molecular formula is C28H27FN4O2. The van der Waals surface area contributed by atoms with Crippen molar-refractivity contribution in [2.24, 2.45) is 5.73 Å². The molecule has 1 saturated carbocycles. The summed E-state index contributed by atoms with van der Waals surface area (Å²) in [6.07, 6.45) is 3.68. The molecule has 3 aromatic rings. The van der Waals surface area contributed by atoms with Gasteiger partial charge in [0, 0.05) is 35.4 Å². The van der Waals surface area contributed by atoms with Crippen LogP contribution in [0.1, 0.15) is 57.5 Å². The van der Waals surface area contributed by atoms with Crippen molar-refractivity contribution in [2.45, 2.75) is 44.3 Å². The predicted octanol–water partition coefficient (Wildman–Crippen LogP) is 4.86. The highest BCUT2D eigenvalue weighted by atomic mass is 19.1. The minimum atomic E-state index is -0.453. The third-order valence-corrected chi connectivity index (χ3v) is 6.36. The molecule has 2 atom stereocenters. The van der Waals surface area contributed by atoms with Gasteiger partial charge in [-0.15, -0.1) is 0 Å². The van der Waals surface area contributed by atoms with Crippen molar-refractivity contribution < 1.29 is 14.0 Å². The van der Waals surface area contributed by atoms with Crippen molar-refractivity contribution in [2.75, 3.05) is 5.32 Å². The lowest BCUT2D eigenvalue weighted by atomic mass is 9.89. The van der Waals surface area contributed by atoms with Crippen molar-refractivity contribution in [1.29, 1.82) is 5.26 Å². The maximum atomic E-state index is 13.8. The fraction of sp³-hybridized carbons (Fsp3) is 0.250. The fourth-order valence-corrected chi connectivity index (χ4v) is 4.44. The van der Waals surface area contributed by atoms with Crippen LogP contribution in [0.5, 0.6) is 0 Å². The summed E-state index contributed by atoms with van der Waals surface area (Å²) in [5, 5.41) is 11.7. The molecule has 4 rings (SSSR count). The van der Waals surface area contributed by atoms with Crippen molar-refractivity contribution in [1.82, 2.24) is 4.90 Å². The normalized spacial score (nSPS) is 17.3. The van der Waals surface area contributed by atoms with Crippen LogP contribution < -0.4 is 11.1 Å². The van der Waals surface area contributed by atoms with Crippen LogP contribution in [0.3, 0.4) is 0 Å². The molecule has 0 spiro atoms. The fourth-order valence-electron chi connectivity index (χ4n) is 4.44. The predicted molar refractivity (Wildman–Crippen MR) is 132 cm³/mol. The van der Waals surface area contributed by atoms with Gasteiger partial charge in [0.25, 0.3) is 11.8 Å². The molecule has 6 nitrogen and oxygen atoms in total. The molecule has 0 heterocycles. The number of nitrogens with one attached hydrogen (secondary N) is 1. The first-order valence-electron chi connectivity index (χ1n) is 11.7. The van der Waals surface area contributed by atoms with Gasteiger partial charge in [-0.25, -0.2) is 4.39 Å². The van der Waals surface area contributed by atoms with Gasteiger partial charge < -0.3 is 16.0 Å². The molecule has 178 valence electrons. The van der Waals surface area contributed by atoms with Gasteiger partial charge in [0.2, 0.25) is 0 Å². The molecule has 1 aliphatic rings. The molecule has 3 N–H and O–H groups in total. The van der Waals surface area contributed by atoms with E-state index in [0.29, 0.717) is 28.9 Å². The molecule has 0 aromatic heterocycles. The third kappa shape index (κ3) is 5.92. The van der Waals surface area contributed by atoms with Crippen LogP contribution in [-0.4, -0.2) is 28.8 Å². The van der Waals surface area contributed by atoms with Crippen molar-refractivity contribution in [3.8, 4) is 6.07 Å². The zero-order valence-electron chi connectivity index (χ0n) is 19.3. The molecule has 0 aliphatic heterocycles. The lowest BCUT2D eigenvalue weighted by Crippen LogP contribution is -2.51. The Morgan fingerprint density at radius 3 is 2.37 bits per heavy atom. The number of hydrogen-bond acceptors (Lipinski definition) is 4. The Bertz CT molecular complexity index is 1240. The largest absolute Gasteiger partial charge is 0.330 e. The number of halogens is 1. The molecule has 7 heteroatoms. The van der Waals surface area contributed by atoms with Crippen LogP contribution >= 0.6 is 0 Å². The Labute approximate surface area is 204 Å². The molecule has 0 saturated heterocycles. The molecule has 0 radical (unpaired) electrons. The summed E-state index contributed by atoms with van der Waals surface area (Å²) < 4.78 is 13.8. The number of carbonyl (C=O) groups excluding carboxylic acids is 2.